The molecule has 3 unspecified atom stereocenters. The first-order chi connectivity index (χ1) is 9.84. The van der Waals surface area contributed by atoms with Crippen molar-refractivity contribution in [3.8, 4) is 0 Å². The number of nitrogens with zero attached hydrogens (tertiary/aromatic N) is 2. The number of rotatable bonds is 9. The third-order valence-corrected chi connectivity index (χ3v) is 4.90. The lowest BCUT2D eigenvalue weighted by molar-refractivity contribution is -0.145. The van der Waals surface area contributed by atoms with Crippen LogP contribution in [0.5, 0.6) is 0 Å². The monoisotopic (exact) mass is 299 g/mol. The van der Waals surface area contributed by atoms with Crippen molar-refractivity contribution < 1.29 is 9.90 Å². The van der Waals surface area contributed by atoms with Gasteiger partial charge in [0.25, 0.3) is 0 Å². The second-order valence-corrected chi connectivity index (χ2v) is 6.58. The summed E-state index contributed by atoms with van der Waals surface area (Å²) < 4.78 is 0. The molecule has 1 heterocycles. The maximum atomic E-state index is 11.5. The minimum absolute atomic E-state index is 0.240. The van der Waals surface area contributed by atoms with Gasteiger partial charge in [-0.2, -0.15) is 0 Å². The van der Waals surface area contributed by atoms with Gasteiger partial charge in [-0.15, -0.1) is 0 Å². The molecule has 0 aromatic heterocycles. The van der Waals surface area contributed by atoms with E-state index in [1.807, 2.05) is 6.92 Å². The highest BCUT2D eigenvalue weighted by molar-refractivity contribution is 5.78. The van der Waals surface area contributed by atoms with Crippen LogP contribution in [-0.2, 0) is 4.79 Å². The molecule has 0 spiro atoms. The molecule has 1 aliphatic rings. The van der Waals surface area contributed by atoms with Crippen LogP contribution < -0.4 is 5.32 Å². The van der Waals surface area contributed by atoms with E-state index in [1.54, 1.807) is 6.92 Å². The predicted octanol–water partition coefficient (Wildman–Crippen LogP) is 1.63. The maximum Gasteiger partial charge on any atom is 0.323 e. The molecule has 0 amide bonds. The van der Waals surface area contributed by atoms with Gasteiger partial charge in [-0.25, -0.2) is 0 Å². The molecule has 21 heavy (non-hydrogen) atoms. The van der Waals surface area contributed by atoms with Crippen molar-refractivity contribution in [2.45, 2.75) is 64.6 Å². The Morgan fingerprint density at radius 1 is 1.52 bits per heavy atom. The average Bonchev–Trinajstić information content (AvgIpc) is 2.85. The average molecular weight is 299 g/mol. The van der Waals surface area contributed by atoms with Crippen molar-refractivity contribution in [2.75, 3.05) is 33.2 Å². The van der Waals surface area contributed by atoms with Crippen LogP contribution in [0.2, 0.25) is 0 Å². The Morgan fingerprint density at radius 3 is 2.71 bits per heavy atom. The number of likely N-dealkylation sites (tertiary alicyclic amines) is 1. The summed E-state index contributed by atoms with van der Waals surface area (Å²) in [7, 11) is 2.12. The Labute approximate surface area is 129 Å². The minimum atomic E-state index is -0.845. The first-order valence-electron chi connectivity index (χ1n) is 8.26. The first-order valence-corrected chi connectivity index (χ1v) is 8.26. The fourth-order valence-electron chi connectivity index (χ4n) is 3.40. The molecule has 0 aromatic carbocycles. The van der Waals surface area contributed by atoms with Crippen LogP contribution in [0.3, 0.4) is 0 Å². The third kappa shape index (κ3) is 4.94. The number of hydrogen-bond acceptors (Lipinski definition) is 4. The second-order valence-electron chi connectivity index (χ2n) is 6.58. The maximum absolute atomic E-state index is 11.5. The molecule has 0 radical (unpaired) electrons. The predicted molar refractivity (Wildman–Crippen MR) is 86.7 cm³/mol. The molecule has 5 heteroatoms. The molecule has 0 aromatic rings. The Morgan fingerprint density at radius 2 is 2.19 bits per heavy atom. The van der Waals surface area contributed by atoms with Crippen molar-refractivity contribution in [1.29, 1.82) is 0 Å². The van der Waals surface area contributed by atoms with Crippen LogP contribution in [0.1, 0.15) is 47.0 Å². The van der Waals surface area contributed by atoms with Gasteiger partial charge in [-0.1, -0.05) is 13.8 Å². The molecule has 0 bridgehead atoms. The van der Waals surface area contributed by atoms with Crippen LogP contribution in [0, 0.1) is 0 Å². The van der Waals surface area contributed by atoms with E-state index in [0.717, 1.165) is 13.1 Å². The van der Waals surface area contributed by atoms with E-state index >= 15 is 0 Å². The molecule has 124 valence electrons. The Kier molecular flexibility index (Phi) is 7.10. The van der Waals surface area contributed by atoms with E-state index in [4.69, 9.17) is 0 Å². The fraction of sp³-hybridized carbons (Fsp3) is 0.938. The zero-order chi connectivity index (χ0) is 16.0. The zero-order valence-corrected chi connectivity index (χ0v) is 14.4. The van der Waals surface area contributed by atoms with Gasteiger partial charge in [0, 0.05) is 18.6 Å². The summed E-state index contributed by atoms with van der Waals surface area (Å²) in [6.07, 6.45) is 3.16. The van der Waals surface area contributed by atoms with Crippen LogP contribution in [0.4, 0.5) is 0 Å². The number of hydrogen-bond donors (Lipinski definition) is 2. The Hall–Kier alpha value is -0.650. The van der Waals surface area contributed by atoms with Gasteiger partial charge in [0.15, 0.2) is 0 Å². The van der Waals surface area contributed by atoms with Crippen LogP contribution in [0.15, 0.2) is 0 Å². The van der Waals surface area contributed by atoms with Crippen LogP contribution in [0.25, 0.3) is 0 Å². The summed E-state index contributed by atoms with van der Waals surface area (Å²) in [6, 6.07) is 0.863. The van der Waals surface area contributed by atoms with Gasteiger partial charge in [-0.05, 0) is 59.8 Å². The normalized spacial score (nSPS) is 24.2. The Balaban J connectivity index is 2.57. The molecule has 0 aliphatic carbocycles. The molecule has 3 atom stereocenters. The van der Waals surface area contributed by atoms with Gasteiger partial charge in [-0.3, -0.25) is 9.69 Å². The number of aliphatic carboxylic acids is 1. The van der Waals surface area contributed by atoms with Crippen molar-refractivity contribution in [1.82, 2.24) is 15.1 Å². The summed E-state index contributed by atoms with van der Waals surface area (Å²) in [6.45, 7) is 12.1. The molecular formula is C16H33N3O2. The summed E-state index contributed by atoms with van der Waals surface area (Å²) in [5.41, 5.74) is -0.845. The van der Waals surface area contributed by atoms with Gasteiger partial charge in [0.1, 0.15) is 5.54 Å². The quantitative estimate of drug-likeness (QED) is 0.678. The van der Waals surface area contributed by atoms with E-state index < -0.39 is 11.5 Å². The molecule has 1 aliphatic heterocycles. The molecule has 0 saturated carbocycles. The molecule has 1 fully saturated rings. The van der Waals surface area contributed by atoms with Crippen LogP contribution >= 0.6 is 0 Å². The topological polar surface area (TPSA) is 55.8 Å². The summed E-state index contributed by atoms with van der Waals surface area (Å²) in [5, 5.41) is 12.6. The lowest BCUT2D eigenvalue weighted by Crippen LogP contribution is -2.54. The highest BCUT2D eigenvalue weighted by Crippen LogP contribution is 2.21. The molecule has 5 nitrogen and oxygen atoms in total. The molecule has 1 rings (SSSR count). The number of carboxylic acids is 1. The van der Waals surface area contributed by atoms with Crippen molar-refractivity contribution >= 4 is 5.97 Å². The van der Waals surface area contributed by atoms with E-state index in [-0.39, 0.29) is 6.04 Å². The van der Waals surface area contributed by atoms with Gasteiger partial charge < -0.3 is 15.3 Å². The van der Waals surface area contributed by atoms with Crippen LogP contribution in [-0.4, -0.2) is 71.7 Å². The van der Waals surface area contributed by atoms with E-state index in [1.165, 1.54) is 19.4 Å². The highest BCUT2D eigenvalue weighted by atomic mass is 16.4. The number of likely N-dealkylation sites (N-methyl/N-ethyl adjacent to an activating group) is 3. The fourth-order valence-corrected chi connectivity index (χ4v) is 3.40. The Bertz CT molecular complexity index is 337. The second kappa shape index (κ2) is 8.11. The van der Waals surface area contributed by atoms with E-state index in [2.05, 4.69) is 36.0 Å². The first kappa shape index (κ1) is 18.4. The van der Waals surface area contributed by atoms with E-state index in [9.17, 15) is 9.90 Å². The lowest BCUT2D eigenvalue weighted by Gasteiger charge is -2.35. The number of carbonyl (C=O) groups is 1. The third-order valence-electron chi connectivity index (χ3n) is 4.90. The lowest BCUT2D eigenvalue weighted by atomic mass is 9.92. The zero-order valence-electron chi connectivity index (χ0n) is 14.4. The van der Waals surface area contributed by atoms with Gasteiger partial charge >= 0.3 is 5.97 Å². The van der Waals surface area contributed by atoms with E-state index in [0.29, 0.717) is 19.0 Å². The minimum Gasteiger partial charge on any atom is -0.480 e. The van der Waals surface area contributed by atoms with Gasteiger partial charge in [0.05, 0.1) is 0 Å². The summed E-state index contributed by atoms with van der Waals surface area (Å²) in [5.74, 6) is -0.763. The standard InChI is InChI=1S/C16H33N3O2/c1-6-17-16(4,15(20)21)11-13(3)18(5)12-14-9-8-10-19(14)7-2/h13-14,17H,6-12H2,1-5H3,(H,20,21). The van der Waals surface area contributed by atoms with Crippen molar-refractivity contribution in [3.05, 3.63) is 0 Å². The van der Waals surface area contributed by atoms with Gasteiger partial charge in [0.2, 0.25) is 0 Å². The SMILES string of the molecule is CCNC(C)(CC(C)N(C)CC1CCCN1CC)C(=O)O. The summed E-state index contributed by atoms with van der Waals surface area (Å²) in [4.78, 5) is 16.4. The number of carboxylic acid groups (broad SMARTS) is 1. The van der Waals surface area contributed by atoms with Crippen molar-refractivity contribution in [3.63, 3.8) is 0 Å². The smallest absolute Gasteiger partial charge is 0.323 e. The number of nitrogens with one attached hydrogen (secondary N) is 1. The van der Waals surface area contributed by atoms with Crippen molar-refractivity contribution in [2.24, 2.45) is 0 Å². The molecule has 1 saturated heterocycles. The largest absolute Gasteiger partial charge is 0.480 e. The molecule has 2 N–H and O–H groups in total. The summed E-state index contributed by atoms with van der Waals surface area (Å²) >= 11 is 0. The highest BCUT2D eigenvalue weighted by Gasteiger charge is 2.35. The molecular weight excluding hydrogens is 266 g/mol.